The van der Waals surface area contributed by atoms with E-state index in [-0.39, 0.29) is 0 Å². The first-order valence-electron chi connectivity index (χ1n) is 6.53. The Morgan fingerprint density at radius 2 is 2.00 bits per heavy atom. The lowest BCUT2D eigenvalue weighted by Crippen LogP contribution is -1.95. The van der Waals surface area contributed by atoms with Gasteiger partial charge in [-0.2, -0.15) is 0 Å². The van der Waals surface area contributed by atoms with Crippen molar-refractivity contribution < 1.29 is 9.53 Å². The maximum Gasteiger partial charge on any atom is 0.153 e. The fraction of sp³-hybridized carbons (Fsp3) is 0.118. The van der Waals surface area contributed by atoms with Crippen molar-refractivity contribution in [2.45, 2.75) is 6.92 Å². The summed E-state index contributed by atoms with van der Waals surface area (Å²) in [5.41, 5.74) is 1.65. The van der Waals surface area contributed by atoms with Crippen molar-refractivity contribution in [3.05, 3.63) is 54.1 Å². The van der Waals surface area contributed by atoms with E-state index in [4.69, 9.17) is 4.74 Å². The lowest BCUT2D eigenvalue weighted by atomic mass is 10.1. The highest BCUT2D eigenvalue weighted by Crippen LogP contribution is 2.35. The van der Waals surface area contributed by atoms with Gasteiger partial charge in [0.2, 0.25) is 0 Å². The van der Waals surface area contributed by atoms with Gasteiger partial charge in [-0.15, -0.1) is 11.3 Å². The zero-order chi connectivity index (χ0) is 13.9. The van der Waals surface area contributed by atoms with Crippen LogP contribution in [0.15, 0.2) is 48.5 Å². The molecule has 0 unspecified atom stereocenters. The molecule has 2 nitrogen and oxygen atoms in total. The molecule has 0 saturated heterocycles. The molecule has 0 N–H and O–H groups in total. The van der Waals surface area contributed by atoms with Gasteiger partial charge in [0, 0.05) is 9.58 Å². The Hall–Kier alpha value is -2.13. The van der Waals surface area contributed by atoms with Gasteiger partial charge in [-0.25, -0.2) is 0 Å². The molecule has 0 amide bonds. The number of benzene rings is 2. The van der Waals surface area contributed by atoms with Crippen molar-refractivity contribution in [1.29, 1.82) is 0 Å². The zero-order valence-electron chi connectivity index (χ0n) is 11.1. The summed E-state index contributed by atoms with van der Waals surface area (Å²) in [7, 11) is 0. The molecule has 100 valence electrons. The lowest BCUT2D eigenvalue weighted by molar-refractivity contribution is 0.112. The van der Waals surface area contributed by atoms with Crippen LogP contribution in [0.3, 0.4) is 0 Å². The summed E-state index contributed by atoms with van der Waals surface area (Å²) < 4.78 is 6.70. The van der Waals surface area contributed by atoms with E-state index in [9.17, 15) is 4.79 Å². The molecule has 20 heavy (non-hydrogen) atoms. The van der Waals surface area contributed by atoms with Crippen LogP contribution in [0.25, 0.3) is 20.5 Å². The van der Waals surface area contributed by atoms with Crippen molar-refractivity contribution in [2.24, 2.45) is 0 Å². The largest absolute Gasteiger partial charge is 0.493 e. The molecule has 3 aromatic rings. The van der Waals surface area contributed by atoms with E-state index in [0.717, 1.165) is 16.7 Å². The van der Waals surface area contributed by atoms with E-state index in [1.54, 1.807) is 11.3 Å². The predicted octanol–water partition coefficient (Wildman–Crippen LogP) is 4.78. The molecule has 0 bridgehead atoms. The van der Waals surface area contributed by atoms with Crippen molar-refractivity contribution >= 4 is 27.7 Å². The van der Waals surface area contributed by atoms with E-state index in [2.05, 4.69) is 18.2 Å². The first-order valence-corrected chi connectivity index (χ1v) is 7.34. The first kappa shape index (κ1) is 12.9. The van der Waals surface area contributed by atoms with Gasteiger partial charge in [0.1, 0.15) is 5.75 Å². The second-order valence-electron chi connectivity index (χ2n) is 4.45. The SMILES string of the molecule is CCOc1ccc(-c2cc3ccccc3s2)cc1C=O. The van der Waals surface area contributed by atoms with Crippen LogP contribution in [0.1, 0.15) is 17.3 Å². The Morgan fingerprint density at radius 1 is 1.15 bits per heavy atom. The minimum absolute atomic E-state index is 0.559. The van der Waals surface area contributed by atoms with Crippen molar-refractivity contribution in [3.8, 4) is 16.2 Å². The quantitative estimate of drug-likeness (QED) is 0.644. The van der Waals surface area contributed by atoms with Crippen molar-refractivity contribution in [1.82, 2.24) is 0 Å². The smallest absolute Gasteiger partial charge is 0.153 e. The van der Waals surface area contributed by atoms with Gasteiger partial charge in [0.25, 0.3) is 0 Å². The molecule has 3 heteroatoms. The van der Waals surface area contributed by atoms with Gasteiger partial charge in [-0.3, -0.25) is 4.79 Å². The van der Waals surface area contributed by atoms with Crippen LogP contribution in [0.5, 0.6) is 5.75 Å². The fourth-order valence-electron chi connectivity index (χ4n) is 2.20. The Morgan fingerprint density at radius 3 is 2.75 bits per heavy atom. The number of rotatable bonds is 4. The minimum atomic E-state index is 0.559. The van der Waals surface area contributed by atoms with Gasteiger partial charge in [-0.05, 0) is 48.2 Å². The predicted molar refractivity (Wildman–Crippen MR) is 83.8 cm³/mol. The molecular formula is C17H14O2S. The average molecular weight is 282 g/mol. The van der Waals surface area contributed by atoms with E-state index in [1.165, 1.54) is 10.1 Å². The number of aldehydes is 1. The van der Waals surface area contributed by atoms with Gasteiger partial charge in [0.15, 0.2) is 6.29 Å². The molecule has 0 spiro atoms. The fourth-order valence-corrected chi connectivity index (χ4v) is 3.26. The molecule has 3 rings (SSSR count). The van der Waals surface area contributed by atoms with E-state index in [1.807, 2.05) is 37.3 Å². The van der Waals surface area contributed by atoms with E-state index >= 15 is 0 Å². The Balaban J connectivity index is 2.07. The summed E-state index contributed by atoms with van der Waals surface area (Å²) in [5, 5.41) is 1.23. The Labute approximate surface area is 121 Å². The second kappa shape index (κ2) is 5.47. The molecule has 1 heterocycles. The topological polar surface area (TPSA) is 26.3 Å². The molecule has 2 aromatic carbocycles. The number of ether oxygens (including phenoxy) is 1. The summed E-state index contributed by atoms with van der Waals surface area (Å²) in [4.78, 5) is 12.3. The van der Waals surface area contributed by atoms with Gasteiger partial charge < -0.3 is 4.74 Å². The number of hydrogen-bond acceptors (Lipinski definition) is 3. The van der Waals surface area contributed by atoms with Gasteiger partial charge in [0.05, 0.1) is 12.2 Å². The number of thiophene rings is 1. The van der Waals surface area contributed by atoms with Crippen LogP contribution in [-0.4, -0.2) is 12.9 Å². The maximum absolute atomic E-state index is 11.2. The molecular weight excluding hydrogens is 268 g/mol. The molecule has 0 radical (unpaired) electrons. The summed E-state index contributed by atoms with van der Waals surface area (Å²) >= 11 is 1.73. The van der Waals surface area contributed by atoms with Gasteiger partial charge >= 0.3 is 0 Å². The zero-order valence-corrected chi connectivity index (χ0v) is 11.9. The summed E-state index contributed by atoms with van der Waals surface area (Å²) in [6, 6.07) is 16.2. The van der Waals surface area contributed by atoms with Gasteiger partial charge in [-0.1, -0.05) is 18.2 Å². The van der Waals surface area contributed by atoms with Crippen molar-refractivity contribution in [3.63, 3.8) is 0 Å². The first-order chi connectivity index (χ1) is 9.81. The van der Waals surface area contributed by atoms with Crippen LogP contribution in [0.2, 0.25) is 0 Å². The second-order valence-corrected chi connectivity index (χ2v) is 5.54. The van der Waals surface area contributed by atoms with E-state index in [0.29, 0.717) is 17.9 Å². The van der Waals surface area contributed by atoms with E-state index < -0.39 is 0 Å². The third-order valence-electron chi connectivity index (χ3n) is 3.15. The molecule has 0 aliphatic carbocycles. The summed E-state index contributed by atoms with van der Waals surface area (Å²) in [6.45, 7) is 2.47. The number of carbonyl (C=O) groups excluding carboxylic acids is 1. The Bertz CT molecular complexity index is 726. The van der Waals surface area contributed by atoms with Crippen LogP contribution in [0, 0.1) is 0 Å². The molecule has 0 fully saturated rings. The highest BCUT2D eigenvalue weighted by Gasteiger charge is 2.08. The minimum Gasteiger partial charge on any atom is -0.493 e. The third kappa shape index (κ3) is 2.32. The summed E-state index contributed by atoms with van der Waals surface area (Å²) in [5.74, 6) is 0.646. The molecule has 1 aromatic heterocycles. The highest BCUT2D eigenvalue weighted by atomic mass is 32.1. The van der Waals surface area contributed by atoms with Crippen LogP contribution >= 0.6 is 11.3 Å². The summed E-state index contributed by atoms with van der Waals surface area (Å²) in [6.07, 6.45) is 0.849. The standard InChI is InChI=1S/C17H14O2S/c1-2-19-15-8-7-13(9-14(15)11-18)17-10-12-5-3-4-6-16(12)20-17/h3-11H,2H2,1H3. The maximum atomic E-state index is 11.2. The van der Waals surface area contributed by atoms with Crippen LogP contribution in [-0.2, 0) is 0 Å². The normalized spacial score (nSPS) is 10.7. The average Bonchev–Trinajstić information content (AvgIpc) is 2.92. The van der Waals surface area contributed by atoms with Crippen LogP contribution in [0.4, 0.5) is 0 Å². The number of hydrogen-bond donors (Lipinski definition) is 0. The molecule has 0 atom stereocenters. The molecule has 0 aliphatic rings. The molecule has 0 aliphatic heterocycles. The van der Waals surface area contributed by atoms with Crippen molar-refractivity contribution in [2.75, 3.05) is 6.61 Å². The highest BCUT2D eigenvalue weighted by molar-refractivity contribution is 7.22. The number of carbonyl (C=O) groups is 1. The lowest BCUT2D eigenvalue weighted by Gasteiger charge is -2.07. The Kier molecular flexibility index (Phi) is 3.52. The third-order valence-corrected chi connectivity index (χ3v) is 4.31. The monoisotopic (exact) mass is 282 g/mol. The number of fused-ring (bicyclic) bond motifs is 1. The van der Waals surface area contributed by atoms with Crippen LogP contribution < -0.4 is 4.74 Å². The molecule has 0 saturated carbocycles.